The lowest BCUT2D eigenvalue weighted by Gasteiger charge is -2.16. The molecule has 0 radical (unpaired) electrons. The van der Waals surface area contributed by atoms with Crippen LogP contribution in [0.5, 0.6) is 11.5 Å². The monoisotopic (exact) mass is 389 g/mol. The second kappa shape index (κ2) is 10.00. The summed E-state index contributed by atoms with van der Waals surface area (Å²) >= 11 is 6.40. The minimum absolute atomic E-state index is 0.176. The maximum Gasteiger partial charge on any atom is 0.336 e. The molecule has 0 amide bonds. The summed E-state index contributed by atoms with van der Waals surface area (Å²) < 4.78 is 11.5. The van der Waals surface area contributed by atoms with Crippen molar-refractivity contribution < 1.29 is 19.4 Å². The van der Waals surface area contributed by atoms with E-state index in [1.54, 1.807) is 42.5 Å². The Labute approximate surface area is 164 Å². The Hall–Kier alpha value is -2.50. The molecular formula is C21H24ClNO4. The van der Waals surface area contributed by atoms with Crippen LogP contribution in [0.2, 0.25) is 5.02 Å². The number of ether oxygens (including phenoxy) is 2. The number of hydrogen-bond acceptors (Lipinski definition) is 4. The topological polar surface area (TPSA) is 59.0 Å². The van der Waals surface area contributed by atoms with Crippen LogP contribution in [0.1, 0.15) is 18.1 Å². The van der Waals surface area contributed by atoms with Crippen molar-refractivity contribution in [2.45, 2.75) is 6.92 Å². The van der Waals surface area contributed by atoms with E-state index in [-0.39, 0.29) is 5.57 Å². The third-order valence-electron chi connectivity index (χ3n) is 3.74. The van der Waals surface area contributed by atoms with Crippen molar-refractivity contribution in [1.82, 2.24) is 4.90 Å². The minimum atomic E-state index is -1.01. The molecule has 0 saturated carbocycles. The number of aliphatic carboxylic acids is 1. The first kappa shape index (κ1) is 20.8. The quantitative estimate of drug-likeness (QED) is 0.511. The van der Waals surface area contributed by atoms with Gasteiger partial charge in [0.2, 0.25) is 0 Å². The number of benzene rings is 2. The van der Waals surface area contributed by atoms with Crippen molar-refractivity contribution in [1.29, 1.82) is 0 Å². The summed E-state index contributed by atoms with van der Waals surface area (Å²) in [6.07, 6.45) is 1.58. The number of nitrogens with zero attached hydrogens (tertiary/aromatic N) is 1. The van der Waals surface area contributed by atoms with Crippen LogP contribution in [0.4, 0.5) is 0 Å². The van der Waals surface area contributed by atoms with Crippen LogP contribution in [-0.4, -0.2) is 49.8 Å². The Morgan fingerprint density at radius 1 is 1.19 bits per heavy atom. The highest BCUT2D eigenvalue weighted by Crippen LogP contribution is 2.37. The Balaban J connectivity index is 2.40. The maximum absolute atomic E-state index is 11.7. The molecular weight excluding hydrogens is 366 g/mol. The molecule has 0 aliphatic heterocycles. The fraction of sp³-hybridized carbons (Fsp3) is 0.286. The van der Waals surface area contributed by atoms with Gasteiger partial charge in [0.05, 0.1) is 17.2 Å². The molecule has 2 rings (SSSR count). The zero-order valence-electron chi connectivity index (χ0n) is 15.7. The molecule has 5 nitrogen and oxygen atoms in total. The lowest BCUT2D eigenvalue weighted by molar-refractivity contribution is -0.130. The number of likely N-dealkylation sites (N-methyl/N-ethyl adjacent to an activating group) is 1. The van der Waals surface area contributed by atoms with Crippen molar-refractivity contribution in [3.8, 4) is 11.5 Å². The molecule has 0 atom stereocenters. The van der Waals surface area contributed by atoms with Gasteiger partial charge in [0.15, 0.2) is 11.5 Å². The Morgan fingerprint density at radius 3 is 2.48 bits per heavy atom. The van der Waals surface area contributed by atoms with Crippen LogP contribution in [-0.2, 0) is 4.79 Å². The molecule has 2 aromatic rings. The van der Waals surface area contributed by atoms with Crippen molar-refractivity contribution in [3.05, 3.63) is 58.6 Å². The van der Waals surface area contributed by atoms with Gasteiger partial charge in [0.25, 0.3) is 0 Å². The van der Waals surface area contributed by atoms with Crippen LogP contribution in [0.3, 0.4) is 0 Å². The van der Waals surface area contributed by atoms with Gasteiger partial charge in [-0.1, -0.05) is 41.9 Å². The summed E-state index contributed by atoms with van der Waals surface area (Å²) in [5.41, 5.74) is 1.42. The molecule has 2 aromatic carbocycles. The molecule has 0 aliphatic carbocycles. The van der Waals surface area contributed by atoms with E-state index < -0.39 is 5.97 Å². The minimum Gasteiger partial charge on any atom is -0.490 e. The largest absolute Gasteiger partial charge is 0.490 e. The summed E-state index contributed by atoms with van der Waals surface area (Å²) in [7, 11) is 3.92. The number of carbonyl (C=O) groups is 1. The first-order chi connectivity index (χ1) is 12.9. The third kappa shape index (κ3) is 6.01. The van der Waals surface area contributed by atoms with Crippen LogP contribution >= 0.6 is 11.6 Å². The maximum atomic E-state index is 11.7. The second-order valence-electron chi connectivity index (χ2n) is 6.14. The summed E-state index contributed by atoms with van der Waals surface area (Å²) in [5.74, 6) is -0.0523. The first-order valence-electron chi connectivity index (χ1n) is 8.66. The third-order valence-corrected chi connectivity index (χ3v) is 4.02. The summed E-state index contributed by atoms with van der Waals surface area (Å²) in [6.45, 7) is 3.51. The SMILES string of the molecule is CCOc1cc(/C=C(\C(=O)O)c2ccccc2)cc(Cl)c1OCCN(C)C. The van der Waals surface area contributed by atoms with Crippen molar-refractivity contribution in [2.24, 2.45) is 0 Å². The average molecular weight is 390 g/mol. The van der Waals surface area contributed by atoms with Crippen molar-refractivity contribution in [2.75, 3.05) is 33.9 Å². The molecule has 0 saturated heterocycles. The van der Waals surface area contributed by atoms with Gasteiger partial charge in [0.1, 0.15) is 6.61 Å². The van der Waals surface area contributed by atoms with Gasteiger partial charge in [-0.15, -0.1) is 0 Å². The molecule has 1 N–H and O–H groups in total. The fourth-order valence-corrected chi connectivity index (χ4v) is 2.73. The Morgan fingerprint density at radius 2 is 1.89 bits per heavy atom. The van der Waals surface area contributed by atoms with Crippen LogP contribution in [0.15, 0.2) is 42.5 Å². The highest BCUT2D eigenvalue weighted by molar-refractivity contribution is 6.32. The van der Waals surface area contributed by atoms with E-state index in [0.29, 0.717) is 40.9 Å². The van der Waals surface area contributed by atoms with Crippen molar-refractivity contribution in [3.63, 3.8) is 0 Å². The number of rotatable bonds is 9. The number of hydrogen-bond donors (Lipinski definition) is 1. The molecule has 0 fully saturated rings. The lowest BCUT2D eigenvalue weighted by atomic mass is 10.0. The van der Waals surface area contributed by atoms with Gasteiger partial charge in [0, 0.05) is 6.54 Å². The van der Waals surface area contributed by atoms with E-state index in [0.717, 1.165) is 6.54 Å². The van der Waals surface area contributed by atoms with Gasteiger partial charge in [-0.25, -0.2) is 4.79 Å². The zero-order valence-corrected chi connectivity index (χ0v) is 16.5. The van der Waals surface area contributed by atoms with E-state index in [1.807, 2.05) is 32.0 Å². The molecule has 0 aliphatic rings. The lowest BCUT2D eigenvalue weighted by Crippen LogP contribution is -2.19. The molecule has 0 aromatic heterocycles. The van der Waals surface area contributed by atoms with Crippen LogP contribution in [0, 0.1) is 0 Å². The second-order valence-corrected chi connectivity index (χ2v) is 6.55. The first-order valence-corrected chi connectivity index (χ1v) is 9.04. The number of carboxylic acid groups (broad SMARTS) is 1. The summed E-state index contributed by atoms with van der Waals surface area (Å²) in [5, 5.41) is 9.97. The smallest absolute Gasteiger partial charge is 0.336 e. The Bertz CT molecular complexity index is 803. The van der Waals surface area contributed by atoms with E-state index in [4.69, 9.17) is 21.1 Å². The highest BCUT2D eigenvalue weighted by atomic mass is 35.5. The van der Waals surface area contributed by atoms with Gasteiger partial charge < -0.3 is 19.5 Å². The van der Waals surface area contributed by atoms with E-state index >= 15 is 0 Å². The van der Waals surface area contributed by atoms with E-state index in [2.05, 4.69) is 0 Å². The average Bonchev–Trinajstić information content (AvgIpc) is 2.62. The molecule has 144 valence electrons. The van der Waals surface area contributed by atoms with Gasteiger partial charge in [-0.2, -0.15) is 0 Å². The van der Waals surface area contributed by atoms with Crippen LogP contribution in [0.25, 0.3) is 11.6 Å². The normalized spacial score (nSPS) is 11.5. The van der Waals surface area contributed by atoms with Crippen LogP contribution < -0.4 is 9.47 Å². The van der Waals surface area contributed by atoms with E-state index in [1.165, 1.54) is 0 Å². The van der Waals surface area contributed by atoms with Gasteiger partial charge in [-0.05, 0) is 50.4 Å². The highest BCUT2D eigenvalue weighted by Gasteiger charge is 2.15. The molecule has 0 spiro atoms. The van der Waals surface area contributed by atoms with E-state index in [9.17, 15) is 9.90 Å². The number of carboxylic acids is 1. The summed E-state index contributed by atoms with van der Waals surface area (Å²) in [6, 6.07) is 12.4. The zero-order chi connectivity index (χ0) is 19.8. The predicted molar refractivity (Wildman–Crippen MR) is 109 cm³/mol. The van der Waals surface area contributed by atoms with Gasteiger partial charge >= 0.3 is 5.97 Å². The fourth-order valence-electron chi connectivity index (χ4n) is 2.46. The van der Waals surface area contributed by atoms with Gasteiger partial charge in [-0.3, -0.25) is 0 Å². The molecule has 6 heteroatoms. The Kier molecular flexibility index (Phi) is 7.70. The number of halogens is 1. The standard InChI is InChI=1S/C21H24ClNO4/c1-4-26-19-14-15(13-18(22)20(19)27-11-10-23(2)3)12-17(21(24)25)16-8-6-5-7-9-16/h5-9,12-14H,4,10-11H2,1-3H3,(H,24,25)/b17-12-. The van der Waals surface area contributed by atoms with Crippen molar-refractivity contribution >= 4 is 29.2 Å². The summed E-state index contributed by atoms with van der Waals surface area (Å²) in [4.78, 5) is 13.7. The predicted octanol–water partition coefficient (Wildman–Crippen LogP) is 4.30. The molecule has 0 bridgehead atoms. The molecule has 0 unspecified atom stereocenters. The molecule has 27 heavy (non-hydrogen) atoms. The molecule has 0 heterocycles.